The van der Waals surface area contributed by atoms with Crippen LogP contribution in [0.25, 0.3) is 0 Å². The largest absolute Gasteiger partial charge is 0.372 e. The molecule has 102 valence electrons. The van der Waals surface area contributed by atoms with Crippen LogP contribution < -0.4 is 0 Å². The van der Waals surface area contributed by atoms with Gasteiger partial charge >= 0.3 is 6.03 Å². The summed E-state index contributed by atoms with van der Waals surface area (Å²) in [5.74, 6) is 1.91. The van der Waals surface area contributed by atoms with Gasteiger partial charge in [-0.15, -0.1) is 5.10 Å². The highest BCUT2D eigenvalue weighted by Gasteiger charge is 2.20. The molecule has 2 heterocycles. The zero-order valence-electron chi connectivity index (χ0n) is 11.6. The summed E-state index contributed by atoms with van der Waals surface area (Å²) in [6, 6.07) is -0.354. The summed E-state index contributed by atoms with van der Waals surface area (Å²) >= 11 is 0. The van der Waals surface area contributed by atoms with Gasteiger partial charge in [0.05, 0.1) is 0 Å². The van der Waals surface area contributed by atoms with Crippen molar-refractivity contribution in [3.63, 3.8) is 0 Å². The maximum absolute atomic E-state index is 12.3. The lowest BCUT2D eigenvalue weighted by Gasteiger charge is -2.05. The topological polar surface area (TPSA) is 78.5 Å². The SMILES string of the molecule is CC(C)Cc1nc(C(C)C)nn1C(=O)n1cncn1. The molecular formula is C12H18N6O. The van der Waals surface area contributed by atoms with Gasteiger partial charge in [0.2, 0.25) is 0 Å². The average Bonchev–Trinajstić information content (AvgIpc) is 2.95. The maximum atomic E-state index is 12.3. The lowest BCUT2D eigenvalue weighted by molar-refractivity contribution is 0.237. The Labute approximate surface area is 111 Å². The Bertz CT molecular complexity index is 555. The average molecular weight is 262 g/mol. The van der Waals surface area contributed by atoms with E-state index in [-0.39, 0.29) is 11.9 Å². The van der Waals surface area contributed by atoms with Crippen LogP contribution in [0, 0.1) is 5.92 Å². The molecule has 2 aromatic heterocycles. The molecule has 2 rings (SSSR count). The second kappa shape index (κ2) is 5.29. The molecule has 0 N–H and O–H groups in total. The molecular weight excluding hydrogens is 244 g/mol. The van der Waals surface area contributed by atoms with Crippen LogP contribution in [-0.4, -0.2) is 35.6 Å². The van der Waals surface area contributed by atoms with Gasteiger partial charge in [-0.2, -0.15) is 14.5 Å². The van der Waals surface area contributed by atoms with Gasteiger partial charge in [0, 0.05) is 12.3 Å². The van der Waals surface area contributed by atoms with Crippen molar-refractivity contribution >= 4 is 6.03 Å². The minimum atomic E-state index is -0.354. The predicted octanol–water partition coefficient (Wildman–Crippen LogP) is 1.71. The number of rotatable bonds is 3. The molecule has 0 atom stereocenters. The van der Waals surface area contributed by atoms with E-state index >= 15 is 0 Å². The van der Waals surface area contributed by atoms with E-state index in [9.17, 15) is 4.79 Å². The lowest BCUT2D eigenvalue weighted by Crippen LogP contribution is -2.24. The zero-order chi connectivity index (χ0) is 14.0. The van der Waals surface area contributed by atoms with Crippen molar-refractivity contribution in [3.05, 3.63) is 24.3 Å². The standard InChI is InChI=1S/C12H18N6O/c1-8(2)5-10-15-11(9(3)4)16-18(10)12(19)17-7-13-6-14-17/h6-9H,5H2,1-4H3. The van der Waals surface area contributed by atoms with Crippen LogP contribution in [0.3, 0.4) is 0 Å². The van der Waals surface area contributed by atoms with E-state index in [1.165, 1.54) is 17.3 Å². The molecule has 19 heavy (non-hydrogen) atoms. The first-order valence-electron chi connectivity index (χ1n) is 6.34. The highest BCUT2D eigenvalue weighted by Crippen LogP contribution is 2.13. The normalized spacial score (nSPS) is 11.5. The highest BCUT2D eigenvalue weighted by molar-refractivity contribution is 5.77. The van der Waals surface area contributed by atoms with Gasteiger partial charge in [-0.1, -0.05) is 27.7 Å². The lowest BCUT2D eigenvalue weighted by atomic mass is 10.1. The molecule has 0 aliphatic rings. The van der Waals surface area contributed by atoms with E-state index in [2.05, 4.69) is 34.0 Å². The molecule has 0 bridgehead atoms. The van der Waals surface area contributed by atoms with Crippen LogP contribution in [0.5, 0.6) is 0 Å². The van der Waals surface area contributed by atoms with Gasteiger partial charge < -0.3 is 0 Å². The van der Waals surface area contributed by atoms with Crippen LogP contribution in [0.1, 0.15) is 45.3 Å². The fraction of sp³-hybridized carbons (Fsp3) is 0.583. The third kappa shape index (κ3) is 2.86. The van der Waals surface area contributed by atoms with Gasteiger partial charge in [-0.05, 0) is 5.92 Å². The smallest absolute Gasteiger partial charge is 0.243 e. The van der Waals surface area contributed by atoms with Crippen molar-refractivity contribution < 1.29 is 4.79 Å². The molecule has 0 saturated heterocycles. The first-order chi connectivity index (χ1) is 8.99. The Morgan fingerprint density at radius 3 is 2.58 bits per heavy atom. The molecule has 0 saturated carbocycles. The van der Waals surface area contributed by atoms with Crippen LogP contribution in [0.4, 0.5) is 4.79 Å². The third-order valence-electron chi connectivity index (χ3n) is 2.59. The Hall–Kier alpha value is -2.05. The van der Waals surface area contributed by atoms with E-state index < -0.39 is 0 Å². The zero-order valence-corrected chi connectivity index (χ0v) is 11.6. The van der Waals surface area contributed by atoms with Crippen molar-refractivity contribution in [2.45, 2.75) is 40.0 Å². The van der Waals surface area contributed by atoms with Gasteiger partial charge in [0.1, 0.15) is 18.5 Å². The fourth-order valence-corrected chi connectivity index (χ4v) is 1.66. The minimum Gasteiger partial charge on any atom is -0.243 e. The molecule has 0 aromatic carbocycles. The maximum Gasteiger partial charge on any atom is 0.372 e. The number of carbonyl (C=O) groups is 1. The first-order valence-corrected chi connectivity index (χ1v) is 6.34. The van der Waals surface area contributed by atoms with Gasteiger partial charge in [-0.3, -0.25) is 0 Å². The molecule has 0 spiro atoms. The van der Waals surface area contributed by atoms with E-state index in [0.29, 0.717) is 24.0 Å². The second-order valence-electron chi connectivity index (χ2n) is 5.17. The summed E-state index contributed by atoms with van der Waals surface area (Å²) in [6.07, 6.45) is 3.37. The molecule has 0 fully saturated rings. The molecule has 0 radical (unpaired) electrons. The molecule has 0 aliphatic carbocycles. The number of hydrogen-bond acceptors (Lipinski definition) is 5. The molecule has 0 unspecified atom stereocenters. The first kappa shape index (κ1) is 13.4. The molecule has 0 amide bonds. The summed E-state index contributed by atoms with van der Waals surface area (Å²) in [4.78, 5) is 20.5. The highest BCUT2D eigenvalue weighted by atomic mass is 16.2. The summed E-state index contributed by atoms with van der Waals surface area (Å²) in [5.41, 5.74) is 0. The van der Waals surface area contributed by atoms with E-state index in [1.54, 1.807) is 0 Å². The quantitative estimate of drug-likeness (QED) is 0.841. The molecule has 7 nitrogen and oxygen atoms in total. The van der Waals surface area contributed by atoms with Crippen LogP contribution in [0.15, 0.2) is 12.7 Å². The number of hydrogen-bond donors (Lipinski definition) is 0. The van der Waals surface area contributed by atoms with E-state index in [1.807, 2.05) is 13.8 Å². The van der Waals surface area contributed by atoms with Crippen LogP contribution >= 0.6 is 0 Å². The number of nitrogens with zero attached hydrogens (tertiary/aromatic N) is 6. The second-order valence-corrected chi connectivity index (χ2v) is 5.17. The summed E-state index contributed by atoms with van der Waals surface area (Å²) in [6.45, 7) is 8.15. The van der Waals surface area contributed by atoms with Crippen molar-refractivity contribution in [2.75, 3.05) is 0 Å². The van der Waals surface area contributed by atoms with Crippen molar-refractivity contribution in [3.8, 4) is 0 Å². The Morgan fingerprint density at radius 1 is 1.32 bits per heavy atom. The predicted molar refractivity (Wildman–Crippen MR) is 68.9 cm³/mol. The van der Waals surface area contributed by atoms with Crippen LogP contribution in [-0.2, 0) is 6.42 Å². The molecule has 2 aromatic rings. The van der Waals surface area contributed by atoms with E-state index in [4.69, 9.17) is 0 Å². The Balaban J connectivity index is 2.39. The Kier molecular flexibility index (Phi) is 3.73. The van der Waals surface area contributed by atoms with Crippen molar-refractivity contribution in [2.24, 2.45) is 5.92 Å². The summed E-state index contributed by atoms with van der Waals surface area (Å²) in [7, 11) is 0. The van der Waals surface area contributed by atoms with Crippen molar-refractivity contribution in [1.82, 2.24) is 29.5 Å². The Morgan fingerprint density at radius 2 is 2.05 bits per heavy atom. The van der Waals surface area contributed by atoms with Gasteiger partial charge in [-0.25, -0.2) is 14.8 Å². The number of aromatic nitrogens is 6. The molecule has 0 aliphatic heterocycles. The fourth-order valence-electron chi connectivity index (χ4n) is 1.66. The van der Waals surface area contributed by atoms with E-state index in [0.717, 1.165) is 4.68 Å². The van der Waals surface area contributed by atoms with Gasteiger partial charge in [0.15, 0.2) is 5.82 Å². The van der Waals surface area contributed by atoms with Crippen molar-refractivity contribution in [1.29, 1.82) is 0 Å². The minimum absolute atomic E-state index is 0.177. The third-order valence-corrected chi connectivity index (χ3v) is 2.59. The summed E-state index contributed by atoms with van der Waals surface area (Å²) < 4.78 is 2.48. The number of carbonyl (C=O) groups excluding carboxylic acids is 1. The monoisotopic (exact) mass is 262 g/mol. The summed E-state index contributed by atoms with van der Waals surface area (Å²) in [5, 5.41) is 8.12. The van der Waals surface area contributed by atoms with Crippen LogP contribution in [0.2, 0.25) is 0 Å². The molecule has 7 heteroatoms. The van der Waals surface area contributed by atoms with Gasteiger partial charge in [0.25, 0.3) is 0 Å².